The Morgan fingerprint density at radius 1 is 1.36 bits per heavy atom. The molecule has 2 nitrogen and oxygen atoms in total. The maximum Gasteiger partial charge on any atom is 0.0280 e. The van der Waals surface area contributed by atoms with Gasteiger partial charge in [0.05, 0.1) is 0 Å². The Bertz CT molecular complexity index is 294. The molecule has 0 radical (unpaired) electrons. The molecule has 0 fully saturated rings. The largest absolute Gasteiger partial charge is 0.768 e. The van der Waals surface area contributed by atoms with Crippen LogP contribution in [0, 0.1) is 13.8 Å². The van der Waals surface area contributed by atoms with E-state index >= 15 is 0 Å². The molecule has 0 bridgehead atoms. The molecule has 0 saturated heterocycles. The van der Waals surface area contributed by atoms with Crippen molar-refractivity contribution in [1.82, 2.24) is 0 Å². The van der Waals surface area contributed by atoms with Crippen molar-refractivity contribution in [3.05, 3.63) is 29.3 Å². The molecule has 0 amide bonds. The molecule has 0 aliphatic carbocycles. The lowest BCUT2D eigenvalue weighted by Crippen LogP contribution is -1.92. The summed E-state index contributed by atoms with van der Waals surface area (Å²) < 4.78 is 21.1. The van der Waals surface area contributed by atoms with E-state index in [0.29, 0.717) is 4.90 Å². The van der Waals surface area contributed by atoms with Gasteiger partial charge in [0.25, 0.3) is 0 Å². The third-order valence-electron chi connectivity index (χ3n) is 1.52. The van der Waals surface area contributed by atoms with Crippen LogP contribution in [0.2, 0.25) is 0 Å². The predicted molar refractivity (Wildman–Crippen MR) is 43.1 cm³/mol. The Kier molecular flexibility index (Phi) is 2.42. The van der Waals surface area contributed by atoms with Crippen LogP contribution in [-0.2, 0) is 11.1 Å². The van der Waals surface area contributed by atoms with E-state index in [4.69, 9.17) is 0 Å². The number of hydrogen-bond acceptors (Lipinski definition) is 2. The molecule has 0 saturated carbocycles. The molecule has 0 aromatic heterocycles. The van der Waals surface area contributed by atoms with Gasteiger partial charge in [-0.3, -0.25) is 4.21 Å². The summed E-state index contributed by atoms with van der Waals surface area (Å²) in [5.74, 6) is 0. The van der Waals surface area contributed by atoms with Gasteiger partial charge in [-0.2, -0.15) is 0 Å². The Balaban J connectivity index is 3.23. The molecule has 60 valence electrons. The summed E-state index contributed by atoms with van der Waals surface area (Å²) in [7, 11) is 0. The van der Waals surface area contributed by atoms with Crippen molar-refractivity contribution in [2.45, 2.75) is 18.7 Å². The molecule has 11 heavy (non-hydrogen) atoms. The number of aryl methyl sites for hydroxylation is 2. The van der Waals surface area contributed by atoms with Gasteiger partial charge in [0.15, 0.2) is 0 Å². The number of hydrogen-bond donors (Lipinski definition) is 0. The van der Waals surface area contributed by atoms with Crippen LogP contribution in [0.5, 0.6) is 0 Å². The zero-order valence-electron chi connectivity index (χ0n) is 6.46. The molecule has 1 rings (SSSR count). The summed E-state index contributed by atoms with van der Waals surface area (Å²) in [5.41, 5.74) is 1.76. The first-order valence-corrected chi connectivity index (χ1v) is 4.35. The average Bonchev–Trinajstić information content (AvgIpc) is 1.94. The number of benzene rings is 1. The first kappa shape index (κ1) is 8.43. The van der Waals surface area contributed by atoms with Crippen LogP contribution in [0.3, 0.4) is 0 Å². The molecule has 1 unspecified atom stereocenters. The van der Waals surface area contributed by atoms with Crippen molar-refractivity contribution in [2.24, 2.45) is 0 Å². The summed E-state index contributed by atoms with van der Waals surface area (Å²) in [6.07, 6.45) is 0. The van der Waals surface area contributed by atoms with Crippen LogP contribution in [0.4, 0.5) is 0 Å². The summed E-state index contributed by atoms with van der Waals surface area (Å²) in [6.45, 7) is 3.65. The molecule has 0 aliphatic heterocycles. The van der Waals surface area contributed by atoms with E-state index in [9.17, 15) is 8.76 Å². The maximum absolute atomic E-state index is 10.6. The molecular weight excluding hydrogens is 160 g/mol. The standard InChI is InChI=1S/C8H10O2S/c1-6-3-4-7(2)8(5-6)11(9)10/h3-5H,1-2H3,(H,9,10)/p-1. The molecule has 0 aliphatic rings. The molecule has 0 N–H and O–H groups in total. The fourth-order valence-electron chi connectivity index (χ4n) is 0.887. The van der Waals surface area contributed by atoms with Crippen molar-refractivity contribution in [3.63, 3.8) is 0 Å². The summed E-state index contributed by atoms with van der Waals surface area (Å²) in [6, 6.07) is 5.37. The first-order chi connectivity index (χ1) is 5.11. The lowest BCUT2D eigenvalue weighted by Gasteiger charge is -2.08. The van der Waals surface area contributed by atoms with Crippen LogP contribution in [0.15, 0.2) is 23.1 Å². The quantitative estimate of drug-likeness (QED) is 0.598. The molecule has 1 atom stereocenters. The normalized spacial score (nSPS) is 13.0. The molecule has 3 heteroatoms. The Labute approximate surface area is 68.5 Å². The van der Waals surface area contributed by atoms with Crippen LogP contribution in [0.1, 0.15) is 11.1 Å². The van der Waals surface area contributed by atoms with Gasteiger partial charge >= 0.3 is 0 Å². The summed E-state index contributed by atoms with van der Waals surface area (Å²) in [4.78, 5) is 0.394. The van der Waals surface area contributed by atoms with Crippen LogP contribution < -0.4 is 0 Å². The Hall–Kier alpha value is -0.670. The zero-order valence-corrected chi connectivity index (χ0v) is 7.27. The third-order valence-corrected chi connectivity index (χ3v) is 2.32. The SMILES string of the molecule is Cc1ccc(C)c(S(=O)[O-])c1. The lowest BCUT2D eigenvalue weighted by atomic mass is 10.2. The highest BCUT2D eigenvalue weighted by Crippen LogP contribution is 2.12. The molecule has 0 spiro atoms. The van der Waals surface area contributed by atoms with Gasteiger partial charge < -0.3 is 4.55 Å². The van der Waals surface area contributed by atoms with Crippen LogP contribution in [0.25, 0.3) is 0 Å². The van der Waals surface area contributed by atoms with E-state index in [1.807, 2.05) is 13.0 Å². The second-order valence-electron chi connectivity index (χ2n) is 2.50. The minimum Gasteiger partial charge on any atom is -0.768 e. The van der Waals surface area contributed by atoms with Crippen molar-refractivity contribution in [1.29, 1.82) is 0 Å². The van der Waals surface area contributed by atoms with Gasteiger partial charge in [0.1, 0.15) is 0 Å². The van der Waals surface area contributed by atoms with Gasteiger partial charge in [0.2, 0.25) is 0 Å². The van der Waals surface area contributed by atoms with Crippen molar-refractivity contribution >= 4 is 11.1 Å². The smallest absolute Gasteiger partial charge is 0.0280 e. The minimum atomic E-state index is -2.10. The van der Waals surface area contributed by atoms with E-state index in [1.54, 1.807) is 19.1 Å². The van der Waals surface area contributed by atoms with E-state index in [2.05, 4.69) is 0 Å². The summed E-state index contributed by atoms with van der Waals surface area (Å²) >= 11 is -2.10. The molecule has 0 heterocycles. The Morgan fingerprint density at radius 2 is 2.00 bits per heavy atom. The minimum absolute atomic E-state index is 0.394. The fraction of sp³-hybridized carbons (Fsp3) is 0.250. The van der Waals surface area contributed by atoms with E-state index in [-0.39, 0.29) is 0 Å². The van der Waals surface area contributed by atoms with Gasteiger partial charge in [-0.25, -0.2) is 0 Å². The monoisotopic (exact) mass is 169 g/mol. The van der Waals surface area contributed by atoms with Crippen molar-refractivity contribution < 1.29 is 8.76 Å². The highest BCUT2D eigenvalue weighted by Gasteiger charge is 1.96. The summed E-state index contributed by atoms with van der Waals surface area (Å²) in [5, 5.41) is 0. The second kappa shape index (κ2) is 3.15. The van der Waals surface area contributed by atoms with Gasteiger partial charge in [-0.1, -0.05) is 12.1 Å². The van der Waals surface area contributed by atoms with Gasteiger partial charge in [0, 0.05) is 4.90 Å². The van der Waals surface area contributed by atoms with Crippen LogP contribution >= 0.6 is 0 Å². The lowest BCUT2D eigenvalue weighted by molar-refractivity contribution is 0.536. The maximum atomic E-state index is 10.6. The molecular formula is C8H9O2S-. The Morgan fingerprint density at radius 3 is 2.45 bits per heavy atom. The number of rotatable bonds is 1. The van der Waals surface area contributed by atoms with Crippen molar-refractivity contribution in [3.8, 4) is 0 Å². The van der Waals surface area contributed by atoms with Gasteiger partial charge in [-0.15, -0.1) is 0 Å². The van der Waals surface area contributed by atoms with Crippen molar-refractivity contribution in [2.75, 3.05) is 0 Å². The van der Waals surface area contributed by atoms with Crippen LogP contribution in [-0.4, -0.2) is 8.76 Å². The second-order valence-corrected chi connectivity index (χ2v) is 3.41. The third kappa shape index (κ3) is 1.88. The highest BCUT2D eigenvalue weighted by atomic mass is 32.2. The van der Waals surface area contributed by atoms with Gasteiger partial charge in [-0.05, 0) is 42.1 Å². The predicted octanol–water partition coefficient (Wildman–Crippen LogP) is 1.54. The van der Waals surface area contributed by atoms with E-state index < -0.39 is 11.1 Å². The average molecular weight is 169 g/mol. The first-order valence-electron chi connectivity index (χ1n) is 3.28. The zero-order chi connectivity index (χ0) is 8.43. The highest BCUT2D eigenvalue weighted by molar-refractivity contribution is 7.79. The van der Waals surface area contributed by atoms with E-state index in [1.165, 1.54) is 0 Å². The fourth-order valence-corrected chi connectivity index (χ4v) is 1.50. The van der Waals surface area contributed by atoms with E-state index in [0.717, 1.165) is 11.1 Å². The topological polar surface area (TPSA) is 40.1 Å². The molecule has 1 aromatic carbocycles. The molecule has 1 aromatic rings.